The number of pyridine rings is 1. The van der Waals surface area contributed by atoms with Gasteiger partial charge in [0.05, 0.1) is 31.8 Å². The van der Waals surface area contributed by atoms with Crippen molar-refractivity contribution in [1.29, 1.82) is 0 Å². The molecule has 4 heterocycles. The van der Waals surface area contributed by atoms with E-state index in [1.807, 2.05) is 75.2 Å². The van der Waals surface area contributed by atoms with Crippen LogP contribution in [0, 0.1) is 17.7 Å². The van der Waals surface area contributed by atoms with Crippen LogP contribution >= 0.6 is 54.0 Å². The van der Waals surface area contributed by atoms with E-state index in [4.69, 9.17) is 14.5 Å². The largest absolute Gasteiger partial charge is 0.453 e. The van der Waals surface area contributed by atoms with Crippen LogP contribution in [-0.2, 0) is 19.1 Å². The Labute approximate surface area is 407 Å². The van der Waals surface area contributed by atoms with E-state index < -0.39 is 36.1 Å². The molecule has 0 saturated carbocycles. The van der Waals surface area contributed by atoms with Gasteiger partial charge in [0, 0.05) is 54.1 Å². The van der Waals surface area contributed by atoms with E-state index >= 15 is 4.39 Å². The van der Waals surface area contributed by atoms with Gasteiger partial charge in [0.2, 0.25) is 11.8 Å². The van der Waals surface area contributed by atoms with Gasteiger partial charge >= 0.3 is 12.2 Å². The number of nitrogens with zero attached hydrogens (tertiary/aromatic N) is 3. The number of aromatic amines is 1. The van der Waals surface area contributed by atoms with Crippen LogP contribution in [0.4, 0.5) is 14.0 Å². The third-order valence-electron chi connectivity index (χ3n) is 12.1. The number of benzene rings is 3. The summed E-state index contributed by atoms with van der Waals surface area (Å²) in [6.45, 7) is 8.55. The Morgan fingerprint density at radius 2 is 1.18 bits per heavy atom. The van der Waals surface area contributed by atoms with Crippen LogP contribution in [0.25, 0.3) is 38.7 Å². The van der Waals surface area contributed by atoms with Gasteiger partial charge in [-0.05, 0) is 77.5 Å². The summed E-state index contributed by atoms with van der Waals surface area (Å²) in [5, 5.41) is 5.56. The van der Waals surface area contributed by atoms with Crippen LogP contribution in [0.2, 0.25) is 0 Å². The number of nitrogens with one attached hydrogen (secondary N) is 3. The molecule has 7 rings (SSSR count). The molecule has 3 aliphatic rings. The number of allylic oxidation sites excluding steroid dienone is 1. The number of halogens is 1. The number of likely N-dealkylation sites (tertiary alicyclic amines) is 2. The Balaban J connectivity index is 0.00000281. The Morgan fingerprint density at radius 1 is 0.708 bits per heavy atom. The highest BCUT2D eigenvalue weighted by atomic mass is 32.1. The van der Waals surface area contributed by atoms with Gasteiger partial charge in [-0.3, -0.25) is 19.4 Å². The van der Waals surface area contributed by atoms with Crippen molar-refractivity contribution in [2.45, 2.75) is 84.0 Å². The van der Waals surface area contributed by atoms with E-state index in [1.165, 1.54) is 26.4 Å². The number of rotatable bonds is 11. The maximum atomic E-state index is 15.7. The van der Waals surface area contributed by atoms with Crippen LogP contribution in [0.5, 0.6) is 0 Å². The predicted octanol–water partition coefficient (Wildman–Crippen LogP) is 8.05. The molecule has 4 aromatic rings. The highest BCUT2D eigenvalue weighted by Gasteiger charge is 2.39. The first-order chi connectivity index (χ1) is 29.3. The molecule has 3 aliphatic heterocycles. The monoisotopic (exact) mass is 968 g/mol. The Kier molecular flexibility index (Phi) is 19.7. The summed E-state index contributed by atoms with van der Waals surface area (Å²) >= 11 is 0. The molecule has 0 spiro atoms. The first-order valence-corrected chi connectivity index (χ1v) is 20.9. The fourth-order valence-corrected chi connectivity index (χ4v) is 8.73. The summed E-state index contributed by atoms with van der Waals surface area (Å²) in [5.74, 6) is -1.22. The number of ether oxygens (including phenoxy) is 2. The van der Waals surface area contributed by atoms with Crippen molar-refractivity contribution in [2.24, 2.45) is 16.8 Å². The number of alkyl carbamates (subject to hydrolysis) is 2. The van der Waals surface area contributed by atoms with Crippen LogP contribution < -0.4 is 16.1 Å². The molecule has 4 atom stereocenters. The number of aromatic nitrogens is 1. The minimum absolute atomic E-state index is 0. The first kappa shape index (κ1) is 54.4. The molecule has 18 heteroatoms. The molecule has 4 amide bonds. The summed E-state index contributed by atoms with van der Waals surface area (Å²) in [4.78, 5) is 76.3. The maximum Gasteiger partial charge on any atom is 0.407 e. The van der Waals surface area contributed by atoms with Crippen LogP contribution in [0.1, 0.15) is 77.1 Å². The number of H-pyrrole nitrogens is 1. The van der Waals surface area contributed by atoms with Crippen molar-refractivity contribution in [2.75, 3.05) is 27.3 Å². The molecular formula is C47H61FN6O7S4. The molecule has 3 N–H and O–H groups in total. The highest BCUT2D eigenvalue weighted by molar-refractivity contribution is 7.59. The van der Waals surface area contributed by atoms with E-state index in [-0.39, 0.29) is 94.5 Å². The zero-order valence-electron chi connectivity index (χ0n) is 37.4. The van der Waals surface area contributed by atoms with Gasteiger partial charge in [-0.1, -0.05) is 76.2 Å². The molecule has 2 saturated heterocycles. The first-order valence-electron chi connectivity index (χ1n) is 20.9. The average Bonchev–Trinajstić information content (AvgIpc) is 4.06. The number of hydrogen-bond acceptors (Lipinski definition) is 8. The lowest BCUT2D eigenvalue weighted by atomic mass is 9.95. The van der Waals surface area contributed by atoms with Crippen molar-refractivity contribution in [3.63, 3.8) is 0 Å². The molecule has 0 bridgehead atoms. The molecule has 3 aromatic carbocycles. The highest BCUT2D eigenvalue weighted by Crippen LogP contribution is 2.35. The quantitative estimate of drug-likeness (QED) is 0.137. The van der Waals surface area contributed by atoms with Crippen LogP contribution in [0.3, 0.4) is 0 Å². The fraction of sp³-hybridized carbons (Fsp3) is 0.404. The number of carbonyl (C=O) groups is 4. The van der Waals surface area contributed by atoms with Gasteiger partial charge in [-0.2, -0.15) is 54.0 Å². The van der Waals surface area contributed by atoms with Crippen molar-refractivity contribution in [3.8, 4) is 22.3 Å². The average molecular weight is 969 g/mol. The van der Waals surface area contributed by atoms with Gasteiger partial charge in [-0.15, -0.1) is 0 Å². The van der Waals surface area contributed by atoms with Gasteiger partial charge in [0.15, 0.2) is 5.43 Å². The summed E-state index contributed by atoms with van der Waals surface area (Å²) in [6.07, 6.45) is 4.18. The summed E-state index contributed by atoms with van der Waals surface area (Å²) < 4.78 is 25.2. The van der Waals surface area contributed by atoms with Gasteiger partial charge < -0.3 is 34.9 Å². The van der Waals surface area contributed by atoms with Crippen molar-refractivity contribution in [1.82, 2.24) is 25.4 Å². The second-order valence-electron chi connectivity index (χ2n) is 16.7. The third-order valence-corrected chi connectivity index (χ3v) is 12.1. The molecule has 2 fully saturated rings. The fourth-order valence-electron chi connectivity index (χ4n) is 8.73. The Morgan fingerprint density at radius 3 is 1.69 bits per heavy atom. The molecule has 65 heavy (non-hydrogen) atoms. The predicted molar refractivity (Wildman–Crippen MR) is 274 cm³/mol. The standard InChI is InChI=1S/C47H53FN6O7.4H2S/c1-26(2)42(51-46(58)60-5)44(56)53-19-7-9-39(53)37-21-32(25-49-37)30-13-11-28(12-14-30)29-15-17-31(18-16-29)33-23-36-34(22-35(33)48)41(55)24-38(50-36)40-10-8-20-54(40)45(57)43(27(3)4)52-47(59)61-6;;;;/h11-18,22-27,39-40,42-43H,7-10,19-21H2,1-6H3,(H,50,55)(H,51,58)(H,52,59);4*1H2/t39-,40-,42-,43-;;;;/m0..../s1. The molecule has 0 radical (unpaired) electrons. The summed E-state index contributed by atoms with van der Waals surface area (Å²) in [5.41, 5.74) is 6.56. The lowest BCUT2D eigenvalue weighted by Gasteiger charge is -2.31. The lowest BCUT2D eigenvalue weighted by molar-refractivity contribution is -0.135. The lowest BCUT2D eigenvalue weighted by Crippen LogP contribution is -2.53. The third kappa shape index (κ3) is 11.7. The van der Waals surface area contributed by atoms with Gasteiger partial charge in [0.25, 0.3) is 0 Å². The van der Waals surface area contributed by atoms with E-state index in [0.29, 0.717) is 48.3 Å². The Bertz CT molecular complexity index is 2460. The van der Waals surface area contributed by atoms with Crippen molar-refractivity contribution in [3.05, 3.63) is 100 Å². The number of fused-ring (bicyclic) bond motifs is 1. The number of aliphatic imine (C=N–C) groups is 1. The number of methoxy groups -OCH3 is 2. The minimum Gasteiger partial charge on any atom is -0.453 e. The normalized spacial score (nSPS) is 17.4. The SMILES string of the molecule is COC(=O)N[C@H](C(=O)N1CCC[C@H]1C1=NC=C(c2ccc(-c3ccc(-c4cc5[nH]c([C@@H]6CCCN6C(=O)[C@@H](NC(=O)OC)C(C)C)cc(=O)c5cc4F)cc3)cc2)C1)C(C)C.S.S.S.S. The minimum atomic E-state index is -0.800. The Hall–Kier alpha value is -4.91. The molecule has 352 valence electrons. The van der Waals surface area contributed by atoms with Crippen LogP contribution in [-0.4, -0.2) is 89.9 Å². The number of hydrogen-bond donors (Lipinski definition) is 3. The molecule has 1 aromatic heterocycles. The van der Waals surface area contributed by atoms with Gasteiger partial charge in [0.1, 0.15) is 17.9 Å². The second kappa shape index (κ2) is 23.5. The zero-order valence-corrected chi connectivity index (χ0v) is 41.4. The maximum absolute atomic E-state index is 15.7. The van der Waals surface area contributed by atoms with Crippen molar-refractivity contribution < 1.29 is 33.0 Å². The topological polar surface area (TPSA) is 162 Å². The summed E-state index contributed by atoms with van der Waals surface area (Å²) in [7, 11) is 2.53. The molecular weight excluding hydrogens is 908 g/mol. The van der Waals surface area contributed by atoms with Crippen LogP contribution in [0.15, 0.2) is 82.7 Å². The molecule has 0 aliphatic carbocycles. The molecule has 13 nitrogen and oxygen atoms in total. The van der Waals surface area contributed by atoms with E-state index in [2.05, 4.69) is 27.8 Å². The van der Waals surface area contributed by atoms with E-state index in [1.54, 1.807) is 11.0 Å². The van der Waals surface area contributed by atoms with Crippen molar-refractivity contribution >= 4 is 100 Å². The number of amides is 4. The van der Waals surface area contributed by atoms with Gasteiger partial charge in [-0.25, -0.2) is 14.0 Å². The van der Waals surface area contributed by atoms with E-state index in [9.17, 15) is 24.0 Å². The zero-order chi connectivity index (χ0) is 43.5. The van der Waals surface area contributed by atoms with E-state index in [0.717, 1.165) is 47.2 Å². The second-order valence-corrected chi connectivity index (χ2v) is 16.7. The number of carbonyl (C=O) groups excluding carboxylic acids is 4. The molecule has 0 unspecified atom stereocenters. The smallest absolute Gasteiger partial charge is 0.407 e. The summed E-state index contributed by atoms with van der Waals surface area (Å²) in [6, 6.07) is 18.0.